The molecule has 1 aliphatic heterocycles. The van der Waals surface area contributed by atoms with Gasteiger partial charge in [-0.25, -0.2) is 9.78 Å². The molecule has 0 amide bonds. The third-order valence-corrected chi connectivity index (χ3v) is 6.68. The molecule has 3 aromatic heterocycles. The fourth-order valence-corrected chi connectivity index (χ4v) is 4.87. The summed E-state index contributed by atoms with van der Waals surface area (Å²) >= 11 is 1.67. The standard InChI is InChI=1S/C23H27N7O2S/c1-2-11-32-22-27-19(24)18-20(28-22)30(23(31)26-18)12-15-5-7-16(8-6-15)21-25-17(14-33-21)13-29-9-3-4-10-29/h5-8,14H,2-4,9-13H2,1H3,(H,26,31)(H2,24,27,28). The Balaban J connectivity index is 1.35. The highest BCUT2D eigenvalue weighted by Crippen LogP contribution is 2.26. The normalized spacial score (nSPS) is 14.3. The third kappa shape index (κ3) is 4.62. The summed E-state index contributed by atoms with van der Waals surface area (Å²) in [6, 6.07) is 8.31. The monoisotopic (exact) mass is 465 g/mol. The van der Waals surface area contributed by atoms with E-state index in [4.69, 9.17) is 15.5 Å². The van der Waals surface area contributed by atoms with E-state index in [2.05, 4.69) is 25.2 Å². The second kappa shape index (κ2) is 9.32. The highest BCUT2D eigenvalue weighted by atomic mass is 32.1. The number of aromatic amines is 1. The van der Waals surface area contributed by atoms with Crippen molar-refractivity contribution in [3.05, 3.63) is 51.4 Å². The van der Waals surface area contributed by atoms with Crippen LogP contribution in [0.5, 0.6) is 6.01 Å². The lowest BCUT2D eigenvalue weighted by molar-refractivity contribution is 0.293. The van der Waals surface area contributed by atoms with E-state index >= 15 is 0 Å². The maximum absolute atomic E-state index is 12.6. The van der Waals surface area contributed by atoms with Crippen molar-refractivity contribution in [2.24, 2.45) is 0 Å². The molecule has 1 fully saturated rings. The van der Waals surface area contributed by atoms with Crippen LogP contribution >= 0.6 is 11.3 Å². The molecule has 33 heavy (non-hydrogen) atoms. The number of H-pyrrole nitrogens is 1. The van der Waals surface area contributed by atoms with Gasteiger partial charge in [0.25, 0.3) is 0 Å². The molecule has 0 radical (unpaired) electrons. The number of hydrogen-bond acceptors (Lipinski definition) is 8. The first-order valence-electron chi connectivity index (χ1n) is 11.3. The molecule has 9 nitrogen and oxygen atoms in total. The zero-order valence-electron chi connectivity index (χ0n) is 18.6. The van der Waals surface area contributed by atoms with Crippen molar-refractivity contribution in [3.8, 4) is 16.6 Å². The minimum Gasteiger partial charge on any atom is -0.463 e. The topological polar surface area (TPSA) is 115 Å². The van der Waals surface area contributed by atoms with Crippen LogP contribution in [0, 0.1) is 0 Å². The Morgan fingerprint density at radius 1 is 1.12 bits per heavy atom. The molecular weight excluding hydrogens is 438 g/mol. The Labute approximate surface area is 195 Å². The molecule has 0 saturated carbocycles. The third-order valence-electron chi connectivity index (χ3n) is 5.74. The fourth-order valence-electron chi connectivity index (χ4n) is 4.05. The Morgan fingerprint density at radius 2 is 1.91 bits per heavy atom. The van der Waals surface area contributed by atoms with Gasteiger partial charge in [-0.1, -0.05) is 31.2 Å². The number of ether oxygens (including phenoxy) is 1. The summed E-state index contributed by atoms with van der Waals surface area (Å²) < 4.78 is 7.08. The molecule has 0 aliphatic carbocycles. The number of aromatic nitrogens is 5. The highest BCUT2D eigenvalue weighted by Gasteiger charge is 2.16. The maximum Gasteiger partial charge on any atom is 0.328 e. The van der Waals surface area contributed by atoms with E-state index in [0.717, 1.165) is 47.9 Å². The summed E-state index contributed by atoms with van der Waals surface area (Å²) in [6.45, 7) is 6.10. The van der Waals surface area contributed by atoms with Gasteiger partial charge in [0.15, 0.2) is 11.5 Å². The van der Waals surface area contributed by atoms with Crippen LogP contribution in [0.1, 0.15) is 37.4 Å². The molecule has 1 aromatic carbocycles. The molecule has 1 aliphatic rings. The number of nitrogens with one attached hydrogen (secondary N) is 1. The number of likely N-dealkylation sites (tertiary alicyclic amines) is 1. The smallest absolute Gasteiger partial charge is 0.328 e. The fraction of sp³-hybridized carbons (Fsp3) is 0.391. The van der Waals surface area contributed by atoms with Crippen molar-refractivity contribution in [2.75, 3.05) is 25.4 Å². The quantitative estimate of drug-likeness (QED) is 0.410. The van der Waals surface area contributed by atoms with Crippen LogP contribution in [0.4, 0.5) is 5.82 Å². The van der Waals surface area contributed by atoms with Gasteiger partial charge in [0.1, 0.15) is 10.5 Å². The molecule has 0 spiro atoms. The zero-order chi connectivity index (χ0) is 22.8. The lowest BCUT2D eigenvalue weighted by Gasteiger charge is -2.11. The first kappa shape index (κ1) is 21.6. The number of fused-ring (bicyclic) bond motifs is 1. The zero-order valence-corrected chi connectivity index (χ0v) is 19.4. The SMILES string of the molecule is CCCOc1nc(N)c2[nH]c(=O)n(Cc3ccc(-c4nc(CN5CCCC5)cs4)cc3)c2n1. The molecular formula is C23H27N7O2S. The number of benzene rings is 1. The Hall–Kier alpha value is -3.24. The molecule has 0 bridgehead atoms. The van der Waals surface area contributed by atoms with Gasteiger partial charge in [0.2, 0.25) is 0 Å². The number of thiazole rings is 1. The molecule has 0 unspecified atom stereocenters. The molecule has 4 heterocycles. The summed E-state index contributed by atoms with van der Waals surface area (Å²) in [5, 5.41) is 3.16. The number of anilines is 1. The Kier molecular flexibility index (Phi) is 6.10. The number of nitrogen functional groups attached to an aromatic ring is 1. The molecule has 1 saturated heterocycles. The van der Waals surface area contributed by atoms with E-state index < -0.39 is 0 Å². The first-order chi connectivity index (χ1) is 16.1. The van der Waals surface area contributed by atoms with Crippen LogP contribution in [0.3, 0.4) is 0 Å². The molecule has 5 rings (SSSR count). The van der Waals surface area contributed by atoms with Crippen molar-refractivity contribution in [2.45, 2.75) is 39.3 Å². The number of imidazole rings is 1. The summed E-state index contributed by atoms with van der Waals surface area (Å²) in [6.07, 6.45) is 3.39. The van der Waals surface area contributed by atoms with E-state index in [1.54, 1.807) is 15.9 Å². The van der Waals surface area contributed by atoms with Gasteiger partial charge in [-0.3, -0.25) is 9.47 Å². The lowest BCUT2D eigenvalue weighted by atomic mass is 10.1. The molecule has 4 aromatic rings. The van der Waals surface area contributed by atoms with E-state index in [0.29, 0.717) is 24.3 Å². The number of nitrogens with zero attached hydrogens (tertiary/aromatic N) is 5. The van der Waals surface area contributed by atoms with Gasteiger partial charge in [-0.15, -0.1) is 11.3 Å². The Morgan fingerprint density at radius 3 is 2.67 bits per heavy atom. The van der Waals surface area contributed by atoms with Crippen molar-refractivity contribution in [3.63, 3.8) is 0 Å². The van der Waals surface area contributed by atoms with Gasteiger partial charge in [0.05, 0.1) is 18.8 Å². The highest BCUT2D eigenvalue weighted by molar-refractivity contribution is 7.13. The van der Waals surface area contributed by atoms with Crippen LogP contribution in [0.15, 0.2) is 34.4 Å². The van der Waals surface area contributed by atoms with Crippen LogP contribution in [-0.2, 0) is 13.1 Å². The van der Waals surface area contributed by atoms with Crippen LogP contribution in [0.2, 0.25) is 0 Å². The van der Waals surface area contributed by atoms with Crippen molar-refractivity contribution in [1.29, 1.82) is 0 Å². The van der Waals surface area contributed by atoms with Crippen LogP contribution in [-0.4, -0.2) is 49.1 Å². The Bertz CT molecular complexity index is 1300. The largest absolute Gasteiger partial charge is 0.463 e. The van der Waals surface area contributed by atoms with E-state index in [-0.39, 0.29) is 17.5 Å². The van der Waals surface area contributed by atoms with E-state index in [1.165, 1.54) is 12.8 Å². The van der Waals surface area contributed by atoms with E-state index in [9.17, 15) is 4.79 Å². The van der Waals surface area contributed by atoms with Gasteiger partial charge in [0, 0.05) is 17.5 Å². The minimum absolute atomic E-state index is 0.179. The van der Waals surface area contributed by atoms with Crippen molar-refractivity contribution in [1.82, 2.24) is 29.4 Å². The average molecular weight is 466 g/mol. The maximum atomic E-state index is 12.6. The van der Waals surface area contributed by atoms with Crippen molar-refractivity contribution < 1.29 is 4.74 Å². The average Bonchev–Trinajstić information content (AvgIpc) is 3.56. The summed E-state index contributed by atoms with van der Waals surface area (Å²) in [7, 11) is 0. The molecule has 0 atom stereocenters. The predicted octanol–water partition coefficient (Wildman–Crippen LogP) is 3.26. The van der Waals surface area contributed by atoms with Gasteiger partial charge >= 0.3 is 11.7 Å². The van der Waals surface area contributed by atoms with Crippen molar-refractivity contribution >= 4 is 28.3 Å². The van der Waals surface area contributed by atoms with Gasteiger partial charge in [-0.2, -0.15) is 9.97 Å². The lowest BCUT2D eigenvalue weighted by Crippen LogP contribution is -2.18. The van der Waals surface area contributed by atoms with Crippen LogP contribution < -0.4 is 16.2 Å². The summed E-state index contributed by atoms with van der Waals surface area (Å²) in [5.41, 5.74) is 9.78. The molecule has 172 valence electrons. The summed E-state index contributed by atoms with van der Waals surface area (Å²) in [4.78, 5) is 31.2. The number of rotatable bonds is 8. The second-order valence-corrected chi connectivity index (χ2v) is 9.14. The van der Waals surface area contributed by atoms with Gasteiger partial charge < -0.3 is 15.5 Å². The molecule has 10 heteroatoms. The summed E-state index contributed by atoms with van der Waals surface area (Å²) in [5.74, 6) is 0.200. The predicted molar refractivity (Wildman–Crippen MR) is 130 cm³/mol. The second-order valence-electron chi connectivity index (χ2n) is 8.28. The first-order valence-corrected chi connectivity index (χ1v) is 12.1. The number of nitrogens with two attached hydrogens (primary N) is 1. The van der Waals surface area contributed by atoms with Crippen LogP contribution in [0.25, 0.3) is 21.7 Å². The molecule has 3 N–H and O–H groups in total. The van der Waals surface area contributed by atoms with Gasteiger partial charge in [-0.05, 0) is 37.9 Å². The minimum atomic E-state index is -0.283. The number of hydrogen-bond donors (Lipinski definition) is 2. The van der Waals surface area contributed by atoms with E-state index in [1.807, 2.05) is 31.2 Å².